The summed E-state index contributed by atoms with van der Waals surface area (Å²) in [6, 6.07) is 0. The van der Waals surface area contributed by atoms with Crippen LogP contribution in [0.25, 0.3) is 0 Å². The Labute approximate surface area is 395 Å². The van der Waals surface area contributed by atoms with E-state index < -0.39 is 6.10 Å². The van der Waals surface area contributed by atoms with E-state index >= 15 is 0 Å². The van der Waals surface area contributed by atoms with Gasteiger partial charge in [-0.2, -0.15) is 0 Å². The Kier molecular flexibility index (Phi) is 49.9. The Balaban J connectivity index is 4.06. The van der Waals surface area contributed by atoms with Crippen molar-refractivity contribution in [1.29, 1.82) is 0 Å². The van der Waals surface area contributed by atoms with E-state index in [4.69, 9.17) is 14.2 Å². The molecule has 1 atom stereocenters. The highest BCUT2D eigenvalue weighted by atomic mass is 16.6. The fraction of sp³-hybridized carbons (Fsp3) is 0.741. The first-order valence-corrected chi connectivity index (χ1v) is 26.9. The van der Waals surface area contributed by atoms with Gasteiger partial charge in [-0.3, -0.25) is 14.4 Å². The Hall–Kier alpha value is -3.15. The normalized spacial score (nSPS) is 12.6. The molecule has 0 bridgehead atoms. The average Bonchev–Trinajstić information content (AvgIpc) is 3.29. The third kappa shape index (κ3) is 49.9. The molecule has 0 N–H and O–H groups in total. The highest BCUT2D eigenvalue weighted by Crippen LogP contribution is 2.15. The van der Waals surface area contributed by atoms with Crippen molar-refractivity contribution in [3.05, 3.63) is 72.9 Å². The van der Waals surface area contributed by atoms with Crippen LogP contribution in [0.2, 0.25) is 0 Å². The van der Waals surface area contributed by atoms with Gasteiger partial charge in [-0.15, -0.1) is 0 Å². The first-order valence-electron chi connectivity index (χ1n) is 26.9. The molecule has 0 amide bonds. The van der Waals surface area contributed by atoms with Crippen molar-refractivity contribution in [2.24, 2.45) is 0 Å². The molecule has 0 saturated carbocycles. The summed E-state index contributed by atoms with van der Waals surface area (Å²) in [7, 11) is 0. The quantitative estimate of drug-likeness (QED) is 0.0262. The molecule has 0 aromatic carbocycles. The van der Waals surface area contributed by atoms with E-state index in [2.05, 4.69) is 93.7 Å². The number of ether oxygens (including phenoxy) is 3. The molecule has 0 aliphatic carbocycles. The minimum atomic E-state index is -0.769. The van der Waals surface area contributed by atoms with E-state index in [0.717, 1.165) is 96.3 Å². The summed E-state index contributed by atoms with van der Waals surface area (Å²) in [5.41, 5.74) is 0. The Morgan fingerprint density at radius 1 is 0.328 bits per heavy atom. The van der Waals surface area contributed by atoms with Gasteiger partial charge in [0.2, 0.25) is 0 Å². The SMILES string of the molecule is CC/C=C\C/C=C\C/C=C\C/C=C\C/C=C\C/C=C\CCCCCCCCCCCCC(=O)OCC(COC(=O)CCCCCCCC)OC(=O)CCCCCCCCCCCCC. The Morgan fingerprint density at radius 2 is 0.609 bits per heavy atom. The third-order valence-corrected chi connectivity index (χ3v) is 11.5. The molecule has 0 saturated heterocycles. The van der Waals surface area contributed by atoms with Gasteiger partial charge >= 0.3 is 17.9 Å². The number of carbonyl (C=O) groups is 3. The van der Waals surface area contributed by atoms with Crippen molar-refractivity contribution >= 4 is 17.9 Å². The molecule has 0 rings (SSSR count). The summed E-state index contributed by atoms with van der Waals surface area (Å²) in [6.07, 6.45) is 66.4. The zero-order valence-corrected chi connectivity index (χ0v) is 42.0. The van der Waals surface area contributed by atoms with E-state index in [0.29, 0.717) is 19.3 Å². The molecule has 6 nitrogen and oxygen atoms in total. The van der Waals surface area contributed by atoms with Crippen LogP contribution in [0.15, 0.2) is 72.9 Å². The van der Waals surface area contributed by atoms with Gasteiger partial charge in [-0.05, 0) is 70.6 Å². The molecule has 0 aromatic heterocycles. The van der Waals surface area contributed by atoms with Gasteiger partial charge in [0, 0.05) is 19.3 Å². The second-order valence-corrected chi connectivity index (χ2v) is 17.8. The van der Waals surface area contributed by atoms with Crippen LogP contribution >= 0.6 is 0 Å². The summed E-state index contributed by atoms with van der Waals surface area (Å²) in [5, 5.41) is 0. The monoisotopic (exact) mass is 893 g/mol. The van der Waals surface area contributed by atoms with Crippen LogP contribution < -0.4 is 0 Å². The Bertz CT molecular complexity index is 1210. The molecule has 0 radical (unpaired) electrons. The molecule has 0 aromatic rings. The van der Waals surface area contributed by atoms with Crippen LogP contribution in [-0.4, -0.2) is 37.2 Å². The van der Waals surface area contributed by atoms with Gasteiger partial charge in [-0.1, -0.05) is 241 Å². The van der Waals surface area contributed by atoms with Gasteiger partial charge < -0.3 is 14.2 Å². The lowest BCUT2D eigenvalue weighted by Crippen LogP contribution is -2.30. The van der Waals surface area contributed by atoms with E-state index in [1.807, 2.05) is 0 Å². The van der Waals surface area contributed by atoms with Crippen molar-refractivity contribution in [2.45, 2.75) is 264 Å². The zero-order chi connectivity index (χ0) is 46.5. The van der Waals surface area contributed by atoms with Gasteiger partial charge in [0.1, 0.15) is 13.2 Å². The number of unbranched alkanes of at least 4 members (excludes halogenated alkanes) is 25. The first-order chi connectivity index (χ1) is 31.5. The lowest BCUT2D eigenvalue weighted by Gasteiger charge is -2.18. The molecule has 0 aliphatic rings. The number of hydrogen-bond donors (Lipinski definition) is 0. The number of rotatable bonds is 48. The summed E-state index contributed by atoms with van der Waals surface area (Å²) < 4.78 is 16.7. The van der Waals surface area contributed by atoms with Crippen LogP contribution in [0.5, 0.6) is 0 Å². The van der Waals surface area contributed by atoms with Crippen molar-refractivity contribution in [1.82, 2.24) is 0 Å². The van der Waals surface area contributed by atoms with E-state index in [1.54, 1.807) is 0 Å². The maximum atomic E-state index is 12.7. The van der Waals surface area contributed by atoms with Gasteiger partial charge in [0.05, 0.1) is 0 Å². The highest BCUT2D eigenvalue weighted by molar-refractivity contribution is 5.71. The van der Waals surface area contributed by atoms with Crippen molar-refractivity contribution < 1.29 is 28.6 Å². The number of esters is 3. The first kappa shape index (κ1) is 60.9. The van der Waals surface area contributed by atoms with Crippen LogP contribution in [-0.2, 0) is 28.6 Å². The van der Waals surface area contributed by atoms with Gasteiger partial charge in [-0.25, -0.2) is 0 Å². The lowest BCUT2D eigenvalue weighted by molar-refractivity contribution is -0.167. The molecule has 0 spiro atoms. The smallest absolute Gasteiger partial charge is 0.306 e. The second kappa shape index (κ2) is 52.5. The highest BCUT2D eigenvalue weighted by Gasteiger charge is 2.19. The molecule has 6 heteroatoms. The lowest BCUT2D eigenvalue weighted by atomic mass is 10.1. The number of carbonyl (C=O) groups excluding carboxylic acids is 3. The van der Waals surface area contributed by atoms with Crippen LogP contribution in [0.3, 0.4) is 0 Å². The second-order valence-electron chi connectivity index (χ2n) is 17.8. The summed E-state index contributed by atoms with van der Waals surface area (Å²) >= 11 is 0. The number of allylic oxidation sites excluding steroid dienone is 12. The van der Waals surface area contributed by atoms with Gasteiger partial charge in [0.15, 0.2) is 6.10 Å². The van der Waals surface area contributed by atoms with E-state index in [-0.39, 0.29) is 31.1 Å². The molecule has 0 aliphatic heterocycles. The topological polar surface area (TPSA) is 78.9 Å². The predicted molar refractivity (Wildman–Crippen MR) is 274 cm³/mol. The summed E-state index contributed by atoms with van der Waals surface area (Å²) in [6.45, 7) is 6.46. The van der Waals surface area contributed by atoms with Crippen LogP contribution in [0.4, 0.5) is 0 Å². The fourth-order valence-electron chi connectivity index (χ4n) is 7.45. The summed E-state index contributed by atoms with van der Waals surface area (Å²) in [4.78, 5) is 37.7. The third-order valence-electron chi connectivity index (χ3n) is 11.5. The largest absolute Gasteiger partial charge is 0.462 e. The van der Waals surface area contributed by atoms with Crippen molar-refractivity contribution in [2.75, 3.05) is 13.2 Å². The molecule has 0 fully saturated rings. The maximum Gasteiger partial charge on any atom is 0.306 e. The minimum absolute atomic E-state index is 0.0740. The summed E-state index contributed by atoms with van der Waals surface area (Å²) in [5.74, 6) is -0.885. The van der Waals surface area contributed by atoms with Gasteiger partial charge in [0.25, 0.3) is 0 Å². The Morgan fingerprint density at radius 3 is 0.953 bits per heavy atom. The standard InChI is InChI=1S/C58H100O6/c1-4-7-10-13-16-18-20-21-22-23-24-25-26-27-28-29-30-31-32-33-34-35-36-37-39-40-42-45-48-51-57(60)63-54-55(53-62-56(59)50-47-44-15-12-9-6-3)64-58(61)52-49-46-43-41-38-19-17-14-11-8-5-2/h7,10,16,18,21-22,24-25,27-28,30-31,55H,4-6,8-9,11-15,17,19-20,23,26,29,32-54H2,1-3H3/b10-7-,18-16-,22-21-,25-24-,28-27-,31-30-. The average molecular weight is 893 g/mol. The molecule has 64 heavy (non-hydrogen) atoms. The van der Waals surface area contributed by atoms with Crippen LogP contribution in [0.1, 0.15) is 258 Å². The zero-order valence-electron chi connectivity index (χ0n) is 42.0. The van der Waals surface area contributed by atoms with Crippen LogP contribution in [0, 0.1) is 0 Å². The molecule has 368 valence electrons. The molecular formula is C58H100O6. The van der Waals surface area contributed by atoms with Crippen molar-refractivity contribution in [3.63, 3.8) is 0 Å². The fourth-order valence-corrected chi connectivity index (χ4v) is 7.45. The molecular weight excluding hydrogens is 793 g/mol. The van der Waals surface area contributed by atoms with E-state index in [9.17, 15) is 14.4 Å². The predicted octanol–water partition coefficient (Wildman–Crippen LogP) is 17.8. The molecule has 1 unspecified atom stereocenters. The molecule has 0 heterocycles. The van der Waals surface area contributed by atoms with E-state index in [1.165, 1.54) is 122 Å². The minimum Gasteiger partial charge on any atom is -0.462 e. The number of hydrogen-bond acceptors (Lipinski definition) is 6. The van der Waals surface area contributed by atoms with Crippen molar-refractivity contribution in [3.8, 4) is 0 Å². The maximum absolute atomic E-state index is 12.7.